The van der Waals surface area contributed by atoms with E-state index in [1.807, 2.05) is 0 Å². The van der Waals surface area contributed by atoms with E-state index in [9.17, 15) is 18.0 Å². The number of halogens is 1. The Morgan fingerprint density at radius 3 is 2.76 bits per heavy atom. The summed E-state index contributed by atoms with van der Waals surface area (Å²) >= 11 is 0. The normalized spacial score (nSPS) is 24.4. The predicted octanol–water partition coefficient (Wildman–Crippen LogP) is 1.00. The second-order valence-electron chi connectivity index (χ2n) is 6.24. The predicted molar refractivity (Wildman–Crippen MR) is 95.5 cm³/mol. The zero-order valence-corrected chi connectivity index (χ0v) is 15.7. The van der Waals surface area contributed by atoms with Crippen LogP contribution in [0.2, 0.25) is 0 Å². The highest BCUT2D eigenvalue weighted by Crippen LogP contribution is 2.30. The minimum absolute atomic E-state index is 0. The number of carbonyl (C=O) groups excluding carboxylic acids is 2. The molecule has 0 saturated carbocycles. The van der Waals surface area contributed by atoms with Gasteiger partial charge in [0.25, 0.3) is 21.8 Å². The smallest absolute Gasteiger partial charge is 0.268 e. The fourth-order valence-corrected chi connectivity index (χ4v) is 4.81. The van der Waals surface area contributed by atoms with Gasteiger partial charge < -0.3 is 10.6 Å². The van der Waals surface area contributed by atoms with Crippen LogP contribution in [0.4, 0.5) is 0 Å². The van der Waals surface area contributed by atoms with Crippen LogP contribution < -0.4 is 10.6 Å². The molecule has 138 valence electrons. The fourth-order valence-electron chi connectivity index (χ4n) is 3.21. The van der Waals surface area contributed by atoms with Crippen LogP contribution in [0.5, 0.6) is 0 Å². The monoisotopic (exact) mass is 387 g/mol. The number of rotatable bonds is 3. The highest BCUT2D eigenvalue weighted by atomic mass is 35.5. The lowest BCUT2D eigenvalue weighted by Crippen LogP contribution is -2.48. The van der Waals surface area contributed by atoms with Gasteiger partial charge in [-0.1, -0.05) is 6.92 Å². The zero-order chi connectivity index (χ0) is 17.5. The summed E-state index contributed by atoms with van der Waals surface area (Å²) in [5.41, 5.74) is 0.387. The lowest BCUT2D eigenvalue weighted by atomic mass is 9.95. The Labute approximate surface area is 153 Å². The first-order valence-corrected chi connectivity index (χ1v) is 9.53. The molecular weight excluding hydrogens is 366 g/mol. The molecule has 0 aliphatic carbocycles. The van der Waals surface area contributed by atoms with Gasteiger partial charge in [0.1, 0.15) is 4.90 Å². The van der Waals surface area contributed by atoms with E-state index < -0.39 is 15.9 Å². The molecule has 1 fully saturated rings. The van der Waals surface area contributed by atoms with Gasteiger partial charge in [0.2, 0.25) is 0 Å². The lowest BCUT2D eigenvalue weighted by Gasteiger charge is -2.30. The standard InChI is InChI=1S/C16H21N3O4S.ClH/c1-3-19-16(21)12-5-4-11(8-14(12)24(19,22)23)15(20)18-13-6-7-17-9-10(13)2;/h4-5,8,10,13,17H,3,6-7,9H2,1-2H3,(H,18,20);1H. The van der Waals surface area contributed by atoms with E-state index >= 15 is 0 Å². The van der Waals surface area contributed by atoms with E-state index in [-0.39, 0.29) is 46.9 Å². The van der Waals surface area contributed by atoms with Gasteiger partial charge in [-0.3, -0.25) is 9.59 Å². The maximum absolute atomic E-state index is 12.5. The van der Waals surface area contributed by atoms with Gasteiger partial charge in [0.15, 0.2) is 0 Å². The van der Waals surface area contributed by atoms with Gasteiger partial charge in [0.05, 0.1) is 5.56 Å². The van der Waals surface area contributed by atoms with Crippen LogP contribution in [0.1, 0.15) is 41.0 Å². The number of benzene rings is 1. The third-order valence-electron chi connectivity index (χ3n) is 4.66. The summed E-state index contributed by atoms with van der Waals surface area (Å²) in [6, 6.07) is 4.29. The number of nitrogens with zero attached hydrogens (tertiary/aromatic N) is 1. The maximum Gasteiger partial charge on any atom is 0.268 e. The molecule has 9 heteroatoms. The SMILES string of the molecule is CCN1C(=O)c2ccc(C(=O)NC3CCNCC3C)cc2S1(=O)=O.Cl. The quantitative estimate of drug-likeness (QED) is 0.806. The van der Waals surface area contributed by atoms with Gasteiger partial charge in [-0.15, -0.1) is 12.4 Å². The summed E-state index contributed by atoms with van der Waals surface area (Å²) in [5, 5.41) is 6.23. The van der Waals surface area contributed by atoms with Crippen LogP contribution in [-0.4, -0.2) is 50.2 Å². The van der Waals surface area contributed by atoms with Gasteiger partial charge in [0, 0.05) is 18.2 Å². The molecule has 0 aromatic heterocycles. The van der Waals surface area contributed by atoms with E-state index in [0.717, 1.165) is 23.8 Å². The molecule has 0 spiro atoms. The Morgan fingerprint density at radius 2 is 2.12 bits per heavy atom. The van der Waals surface area contributed by atoms with E-state index in [2.05, 4.69) is 17.6 Å². The maximum atomic E-state index is 12.5. The summed E-state index contributed by atoms with van der Waals surface area (Å²) in [5.74, 6) is -0.543. The van der Waals surface area contributed by atoms with Gasteiger partial charge in [-0.2, -0.15) is 0 Å². The van der Waals surface area contributed by atoms with Gasteiger partial charge in [-0.05, 0) is 50.6 Å². The molecule has 2 unspecified atom stereocenters. The Balaban J connectivity index is 0.00000225. The van der Waals surface area contributed by atoms with Gasteiger partial charge in [-0.25, -0.2) is 12.7 Å². The van der Waals surface area contributed by atoms with Crippen molar-refractivity contribution in [2.45, 2.75) is 31.2 Å². The molecule has 1 aromatic rings. The number of amides is 2. The highest BCUT2D eigenvalue weighted by Gasteiger charge is 2.40. The van der Waals surface area contributed by atoms with Crippen molar-refractivity contribution in [1.29, 1.82) is 0 Å². The van der Waals surface area contributed by atoms with E-state index in [4.69, 9.17) is 0 Å². The molecule has 7 nitrogen and oxygen atoms in total. The molecule has 2 aliphatic heterocycles. The van der Waals surface area contributed by atoms with Crippen molar-refractivity contribution in [2.75, 3.05) is 19.6 Å². The second kappa shape index (κ2) is 7.31. The zero-order valence-electron chi connectivity index (χ0n) is 14.1. The minimum atomic E-state index is -3.85. The van der Waals surface area contributed by atoms with Crippen LogP contribution >= 0.6 is 12.4 Å². The van der Waals surface area contributed by atoms with Crippen molar-refractivity contribution in [1.82, 2.24) is 14.9 Å². The molecule has 1 saturated heterocycles. The minimum Gasteiger partial charge on any atom is -0.349 e. The van der Waals surface area contributed by atoms with Crippen LogP contribution in [0.15, 0.2) is 23.1 Å². The Morgan fingerprint density at radius 1 is 1.40 bits per heavy atom. The van der Waals surface area contributed by atoms with Crippen LogP contribution in [0.25, 0.3) is 0 Å². The first-order valence-electron chi connectivity index (χ1n) is 8.09. The van der Waals surface area contributed by atoms with Crippen molar-refractivity contribution in [3.63, 3.8) is 0 Å². The van der Waals surface area contributed by atoms with Crippen LogP contribution in [0.3, 0.4) is 0 Å². The Bertz CT molecular complexity index is 797. The molecule has 0 radical (unpaired) electrons. The number of sulfonamides is 1. The number of fused-ring (bicyclic) bond motifs is 1. The Kier molecular flexibility index (Phi) is 5.75. The molecule has 25 heavy (non-hydrogen) atoms. The highest BCUT2D eigenvalue weighted by molar-refractivity contribution is 7.90. The number of carbonyl (C=O) groups is 2. The summed E-state index contributed by atoms with van der Waals surface area (Å²) in [7, 11) is -3.85. The number of hydrogen-bond acceptors (Lipinski definition) is 5. The fraction of sp³-hybridized carbons (Fsp3) is 0.500. The number of piperidine rings is 1. The van der Waals surface area contributed by atoms with Crippen molar-refractivity contribution >= 4 is 34.2 Å². The topological polar surface area (TPSA) is 95.6 Å². The molecule has 2 amide bonds. The van der Waals surface area contributed by atoms with Crippen molar-refractivity contribution in [2.24, 2.45) is 5.92 Å². The van der Waals surface area contributed by atoms with Crippen LogP contribution in [0, 0.1) is 5.92 Å². The average molecular weight is 388 g/mol. The second-order valence-corrected chi connectivity index (χ2v) is 8.07. The van der Waals surface area contributed by atoms with E-state index in [1.54, 1.807) is 6.92 Å². The van der Waals surface area contributed by atoms with Crippen molar-refractivity contribution in [3.05, 3.63) is 29.3 Å². The number of hydrogen-bond donors (Lipinski definition) is 2. The van der Waals surface area contributed by atoms with Crippen LogP contribution in [-0.2, 0) is 10.0 Å². The first kappa shape index (κ1) is 19.7. The molecule has 2 heterocycles. The van der Waals surface area contributed by atoms with Crippen molar-refractivity contribution < 1.29 is 18.0 Å². The molecular formula is C16H22ClN3O4S. The Hall–Kier alpha value is -1.64. The summed E-state index contributed by atoms with van der Waals surface area (Å²) < 4.78 is 25.6. The molecule has 2 N–H and O–H groups in total. The third-order valence-corrected chi connectivity index (χ3v) is 6.56. The lowest BCUT2D eigenvalue weighted by molar-refractivity contribution is 0.0872. The third kappa shape index (κ3) is 3.38. The van der Waals surface area contributed by atoms with E-state index in [1.165, 1.54) is 18.2 Å². The van der Waals surface area contributed by atoms with E-state index in [0.29, 0.717) is 5.92 Å². The average Bonchev–Trinajstić information content (AvgIpc) is 2.75. The molecule has 3 rings (SSSR count). The molecule has 0 bridgehead atoms. The molecule has 2 atom stereocenters. The van der Waals surface area contributed by atoms with Gasteiger partial charge >= 0.3 is 0 Å². The summed E-state index contributed by atoms with van der Waals surface area (Å²) in [6.45, 7) is 5.41. The molecule has 2 aliphatic rings. The van der Waals surface area contributed by atoms with Crippen molar-refractivity contribution in [3.8, 4) is 0 Å². The number of nitrogens with one attached hydrogen (secondary N) is 2. The largest absolute Gasteiger partial charge is 0.349 e. The summed E-state index contributed by atoms with van der Waals surface area (Å²) in [4.78, 5) is 24.5. The summed E-state index contributed by atoms with van der Waals surface area (Å²) in [6.07, 6.45) is 0.832. The first-order chi connectivity index (χ1) is 11.4. The molecule has 1 aromatic carbocycles.